The summed E-state index contributed by atoms with van der Waals surface area (Å²) in [7, 11) is 3.13. The number of aromatic nitrogens is 3. The molecule has 1 atom stereocenters. The standard InChI is InChI=1S/C12H22N4O3S/c1-5-16-10(18)14-15-11(16)20-8-6-7-12(2,13-3)9(17)19-4/h13H,5-8H2,1-4H3,(H,14,18). The number of thioether (sulfide) groups is 1. The summed E-state index contributed by atoms with van der Waals surface area (Å²) in [4.78, 5) is 23.1. The molecule has 1 aromatic rings. The second-order valence-electron chi connectivity index (χ2n) is 4.58. The zero-order valence-electron chi connectivity index (χ0n) is 12.4. The Labute approximate surface area is 122 Å². The van der Waals surface area contributed by atoms with Gasteiger partial charge < -0.3 is 10.1 Å². The lowest BCUT2D eigenvalue weighted by Crippen LogP contribution is -2.48. The van der Waals surface area contributed by atoms with E-state index in [-0.39, 0.29) is 11.7 Å². The van der Waals surface area contributed by atoms with Crippen molar-refractivity contribution < 1.29 is 9.53 Å². The molecule has 0 saturated carbocycles. The van der Waals surface area contributed by atoms with Crippen molar-refractivity contribution in [3.8, 4) is 0 Å². The number of methoxy groups -OCH3 is 1. The van der Waals surface area contributed by atoms with Crippen LogP contribution in [0.4, 0.5) is 0 Å². The summed E-state index contributed by atoms with van der Waals surface area (Å²) < 4.78 is 6.38. The highest BCUT2D eigenvalue weighted by atomic mass is 32.2. The zero-order chi connectivity index (χ0) is 15.2. The third-order valence-electron chi connectivity index (χ3n) is 3.28. The minimum Gasteiger partial charge on any atom is -0.468 e. The molecule has 7 nitrogen and oxygen atoms in total. The van der Waals surface area contributed by atoms with Crippen molar-refractivity contribution in [2.45, 2.75) is 43.9 Å². The van der Waals surface area contributed by atoms with Gasteiger partial charge in [-0.3, -0.25) is 9.36 Å². The lowest BCUT2D eigenvalue weighted by atomic mass is 9.97. The van der Waals surface area contributed by atoms with E-state index in [9.17, 15) is 9.59 Å². The molecule has 0 amide bonds. The summed E-state index contributed by atoms with van der Waals surface area (Å²) in [5.41, 5.74) is -0.865. The minimum atomic E-state index is -0.675. The molecule has 0 aliphatic carbocycles. The fourth-order valence-corrected chi connectivity index (χ4v) is 2.79. The topological polar surface area (TPSA) is 89.0 Å². The van der Waals surface area contributed by atoms with Crippen LogP contribution in [0.2, 0.25) is 0 Å². The van der Waals surface area contributed by atoms with Crippen LogP contribution in [0, 0.1) is 0 Å². The predicted molar refractivity (Wildman–Crippen MR) is 78.0 cm³/mol. The Morgan fingerprint density at radius 3 is 2.85 bits per heavy atom. The minimum absolute atomic E-state index is 0.190. The fraction of sp³-hybridized carbons (Fsp3) is 0.750. The van der Waals surface area contributed by atoms with Crippen molar-refractivity contribution in [1.82, 2.24) is 20.1 Å². The molecule has 0 radical (unpaired) electrons. The quantitative estimate of drug-likeness (QED) is 0.415. The zero-order valence-corrected chi connectivity index (χ0v) is 13.2. The molecule has 1 heterocycles. The Hall–Kier alpha value is -1.28. The molecule has 20 heavy (non-hydrogen) atoms. The average molecular weight is 302 g/mol. The van der Waals surface area contributed by atoms with Crippen LogP contribution in [0.15, 0.2) is 9.95 Å². The maximum atomic E-state index is 11.7. The smallest absolute Gasteiger partial charge is 0.343 e. The van der Waals surface area contributed by atoms with E-state index in [1.165, 1.54) is 18.9 Å². The molecular weight excluding hydrogens is 280 g/mol. The first kappa shape index (κ1) is 16.8. The fourth-order valence-electron chi connectivity index (χ4n) is 1.84. The maximum Gasteiger partial charge on any atom is 0.343 e. The third kappa shape index (κ3) is 3.86. The number of carbonyl (C=O) groups excluding carboxylic acids is 1. The van der Waals surface area contributed by atoms with Crippen molar-refractivity contribution >= 4 is 17.7 Å². The van der Waals surface area contributed by atoms with Crippen molar-refractivity contribution in [2.24, 2.45) is 0 Å². The first-order valence-corrected chi connectivity index (χ1v) is 7.52. The van der Waals surface area contributed by atoms with Gasteiger partial charge in [0.2, 0.25) is 0 Å². The van der Waals surface area contributed by atoms with Gasteiger partial charge >= 0.3 is 11.7 Å². The van der Waals surface area contributed by atoms with E-state index in [1.807, 2.05) is 13.8 Å². The summed E-state index contributed by atoms with van der Waals surface area (Å²) in [6, 6.07) is 0. The number of hydrogen-bond acceptors (Lipinski definition) is 6. The lowest BCUT2D eigenvalue weighted by molar-refractivity contribution is -0.148. The van der Waals surface area contributed by atoms with E-state index in [1.54, 1.807) is 11.6 Å². The van der Waals surface area contributed by atoms with Crippen molar-refractivity contribution in [3.63, 3.8) is 0 Å². The van der Waals surface area contributed by atoms with Crippen LogP contribution < -0.4 is 11.0 Å². The van der Waals surface area contributed by atoms with E-state index in [0.717, 1.165) is 12.2 Å². The summed E-state index contributed by atoms with van der Waals surface area (Å²) in [5.74, 6) is 0.508. The second-order valence-corrected chi connectivity index (χ2v) is 5.64. The van der Waals surface area contributed by atoms with Crippen LogP contribution in [-0.4, -0.2) is 46.2 Å². The van der Waals surface area contributed by atoms with Crippen molar-refractivity contribution in [1.29, 1.82) is 0 Å². The SMILES string of the molecule is CCn1c(SCCCC(C)(NC)C(=O)OC)n[nH]c1=O. The number of nitrogens with zero attached hydrogens (tertiary/aromatic N) is 2. The number of rotatable bonds is 8. The number of esters is 1. The van der Waals surface area contributed by atoms with E-state index < -0.39 is 5.54 Å². The molecule has 0 bridgehead atoms. The molecule has 0 saturated heterocycles. The Bertz CT molecular complexity index is 499. The predicted octanol–water partition coefficient (Wildman–Crippen LogP) is 0.615. The molecule has 1 rings (SSSR count). The van der Waals surface area contributed by atoms with Gasteiger partial charge in [-0.05, 0) is 33.7 Å². The highest BCUT2D eigenvalue weighted by molar-refractivity contribution is 7.99. The monoisotopic (exact) mass is 302 g/mol. The van der Waals surface area contributed by atoms with Gasteiger partial charge in [-0.25, -0.2) is 9.89 Å². The Morgan fingerprint density at radius 1 is 1.60 bits per heavy atom. The summed E-state index contributed by atoms with van der Waals surface area (Å²) >= 11 is 1.50. The van der Waals surface area contributed by atoms with Gasteiger partial charge in [-0.2, -0.15) is 0 Å². The third-order valence-corrected chi connectivity index (χ3v) is 4.34. The van der Waals surface area contributed by atoms with Crippen molar-refractivity contribution in [3.05, 3.63) is 10.5 Å². The van der Waals surface area contributed by atoms with E-state index in [4.69, 9.17) is 4.74 Å². The van der Waals surface area contributed by atoms with Gasteiger partial charge in [0.05, 0.1) is 7.11 Å². The van der Waals surface area contributed by atoms with Gasteiger partial charge in [0.15, 0.2) is 5.16 Å². The molecule has 0 aliphatic rings. The average Bonchev–Trinajstić information content (AvgIpc) is 2.82. The summed E-state index contributed by atoms with van der Waals surface area (Å²) in [6.45, 7) is 4.31. The van der Waals surface area contributed by atoms with Crippen LogP contribution >= 0.6 is 11.8 Å². The second kappa shape index (κ2) is 7.49. The number of hydrogen-bond donors (Lipinski definition) is 2. The van der Waals surface area contributed by atoms with Crippen LogP contribution in [0.5, 0.6) is 0 Å². The molecule has 0 spiro atoms. The Kier molecular flexibility index (Phi) is 6.28. The van der Waals surface area contributed by atoms with E-state index in [0.29, 0.717) is 18.1 Å². The summed E-state index contributed by atoms with van der Waals surface area (Å²) in [6.07, 6.45) is 1.46. The molecule has 1 aromatic heterocycles. The van der Waals surface area contributed by atoms with E-state index >= 15 is 0 Å². The van der Waals surface area contributed by atoms with Gasteiger partial charge in [0.25, 0.3) is 0 Å². The molecule has 1 unspecified atom stereocenters. The molecule has 8 heteroatoms. The number of H-pyrrole nitrogens is 1. The number of carbonyl (C=O) groups is 1. The number of nitrogens with one attached hydrogen (secondary N) is 2. The number of ether oxygens (including phenoxy) is 1. The van der Waals surface area contributed by atoms with Crippen LogP contribution in [-0.2, 0) is 16.1 Å². The molecule has 0 fully saturated rings. The lowest BCUT2D eigenvalue weighted by Gasteiger charge is -2.25. The molecule has 0 aromatic carbocycles. The first-order valence-electron chi connectivity index (χ1n) is 6.53. The first-order chi connectivity index (χ1) is 9.48. The maximum absolute atomic E-state index is 11.7. The molecule has 114 valence electrons. The molecule has 2 N–H and O–H groups in total. The normalized spacial score (nSPS) is 14.0. The van der Waals surface area contributed by atoms with Crippen molar-refractivity contribution in [2.75, 3.05) is 19.9 Å². The van der Waals surface area contributed by atoms with E-state index in [2.05, 4.69) is 15.5 Å². The summed E-state index contributed by atoms with van der Waals surface area (Å²) in [5, 5.41) is 10.1. The number of aromatic amines is 1. The highest BCUT2D eigenvalue weighted by Gasteiger charge is 2.31. The van der Waals surface area contributed by atoms with Crippen LogP contribution in [0.1, 0.15) is 26.7 Å². The largest absolute Gasteiger partial charge is 0.468 e. The van der Waals surface area contributed by atoms with Gasteiger partial charge in [0.1, 0.15) is 5.54 Å². The van der Waals surface area contributed by atoms with Crippen LogP contribution in [0.25, 0.3) is 0 Å². The number of likely N-dealkylation sites (N-methyl/N-ethyl adjacent to an activating group) is 1. The molecular formula is C12H22N4O3S. The van der Waals surface area contributed by atoms with Crippen LogP contribution in [0.3, 0.4) is 0 Å². The van der Waals surface area contributed by atoms with Gasteiger partial charge in [0, 0.05) is 12.3 Å². The Balaban J connectivity index is 2.48. The van der Waals surface area contributed by atoms with Gasteiger partial charge in [-0.15, -0.1) is 5.10 Å². The Morgan fingerprint density at radius 2 is 2.30 bits per heavy atom. The molecule has 0 aliphatic heterocycles. The van der Waals surface area contributed by atoms with Gasteiger partial charge in [-0.1, -0.05) is 11.8 Å². The highest BCUT2D eigenvalue weighted by Crippen LogP contribution is 2.19.